The second-order valence-electron chi connectivity index (χ2n) is 3.81. The summed E-state index contributed by atoms with van der Waals surface area (Å²) in [6.45, 7) is 0.314. The van der Waals surface area contributed by atoms with Crippen LogP contribution < -0.4 is 10.9 Å². The van der Waals surface area contributed by atoms with E-state index >= 15 is 0 Å². The molecule has 0 radical (unpaired) electrons. The summed E-state index contributed by atoms with van der Waals surface area (Å²) in [6, 6.07) is 3.26. The first-order valence-corrected chi connectivity index (χ1v) is 4.90. The number of alkyl halides is 3. The van der Waals surface area contributed by atoms with Crippen LogP contribution in [0.25, 0.3) is 0 Å². The van der Waals surface area contributed by atoms with Gasteiger partial charge in [-0.1, -0.05) is 6.07 Å². The van der Waals surface area contributed by atoms with E-state index in [0.29, 0.717) is 6.92 Å². The smallest absolute Gasteiger partial charge is 0.422 e. The van der Waals surface area contributed by atoms with Crippen LogP contribution in [0.5, 0.6) is 0 Å². The zero-order chi connectivity index (χ0) is 14.8. The molecule has 0 aliphatic heterocycles. The number of carbonyl (C=O) groups is 2. The van der Waals surface area contributed by atoms with E-state index in [2.05, 4.69) is 0 Å². The first kappa shape index (κ1) is 14.7. The largest absolute Gasteiger partial charge is 0.479 e. The van der Waals surface area contributed by atoms with E-state index in [-0.39, 0.29) is 0 Å². The number of carboxylic acid groups (broad SMARTS) is 1. The first-order valence-electron chi connectivity index (χ1n) is 4.90. The van der Waals surface area contributed by atoms with Crippen LogP contribution in [-0.4, -0.2) is 33.7 Å². The molecule has 19 heavy (non-hydrogen) atoms. The first-order chi connectivity index (χ1) is 8.58. The van der Waals surface area contributed by atoms with Crippen molar-refractivity contribution in [3.63, 3.8) is 0 Å². The lowest BCUT2D eigenvalue weighted by Gasteiger charge is -2.28. The number of H-pyrrole nitrogens is 1. The van der Waals surface area contributed by atoms with Gasteiger partial charge in [-0.05, 0) is 13.0 Å². The van der Waals surface area contributed by atoms with Crippen LogP contribution in [0.15, 0.2) is 23.0 Å². The third-order valence-electron chi connectivity index (χ3n) is 2.37. The molecule has 1 amide bonds. The minimum absolute atomic E-state index is 0.314. The predicted octanol–water partition coefficient (Wildman–Crippen LogP) is 0.510. The summed E-state index contributed by atoms with van der Waals surface area (Å²) in [5, 5.41) is 9.95. The maximum absolute atomic E-state index is 12.6. The highest BCUT2D eigenvalue weighted by Crippen LogP contribution is 2.30. The van der Waals surface area contributed by atoms with Gasteiger partial charge in [-0.15, -0.1) is 0 Å². The molecule has 0 spiro atoms. The SMILES string of the molecule is CC(NC(=O)c1cccc(=O)[nH]1)(C(=O)O)C(F)(F)F. The fraction of sp³-hybridized carbons (Fsp3) is 0.300. The Morgan fingerprint density at radius 3 is 2.32 bits per heavy atom. The Hall–Kier alpha value is -2.32. The Bertz CT molecular complexity index is 566. The molecule has 0 aliphatic carbocycles. The molecule has 9 heteroatoms. The summed E-state index contributed by atoms with van der Waals surface area (Å²) in [5.41, 5.74) is -4.61. The number of carboxylic acids is 1. The number of hydrogen-bond donors (Lipinski definition) is 3. The Morgan fingerprint density at radius 2 is 1.89 bits per heavy atom. The summed E-state index contributed by atoms with van der Waals surface area (Å²) in [4.78, 5) is 35.1. The van der Waals surface area contributed by atoms with Crippen LogP contribution in [0, 0.1) is 0 Å². The molecular formula is C10H9F3N2O4. The quantitative estimate of drug-likeness (QED) is 0.750. The minimum Gasteiger partial charge on any atom is -0.479 e. The normalized spacial score (nSPS) is 14.5. The zero-order valence-corrected chi connectivity index (χ0v) is 9.54. The van der Waals surface area contributed by atoms with Gasteiger partial charge in [0, 0.05) is 6.07 Å². The van der Waals surface area contributed by atoms with Crippen LogP contribution >= 0.6 is 0 Å². The summed E-state index contributed by atoms with van der Waals surface area (Å²) >= 11 is 0. The maximum Gasteiger partial charge on any atom is 0.422 e. The van der Waals surface area contributed by atoms with Gasteiger partial charge in [-0.3, -0.25) is 9.59 Å². The number of aromatic nitrogens is 1. The van der Waals surface area contributed by atoms with Crippen LogP contribution in [-0.2, 0) is 4.79 Å². The number of carbonyl (C=O) groups excluding carboxylic acids is 1. The number of aromatic amines is 1. The van der Waals surface area contributed by atoms with E-state index in [0.717, 1.165) is 18.2 Å². The molecule has 1 aromatic heterocycles. The van der Waals surface area contributed by atoms with Crippen molar-refractivity contribution in [2.45, 2.75) is 18.6 Å². The van der Waals surface area contributed by atoms with Crippen molar-refractivity contribution in [3.05, 3.63) is 34.2 Å². The topological polar surface area (TPSA) is 99.3 Å². The van der Waals surface area contributed by atoms with E-state index in [9.17, 15) is 27.6 Å². The van der Waals surface area contributed by atoms with Crippen molar-refractivity contribution in [2.75, 3.05) is 0 Å². The molecule has 0 saturated heterocycles. The molecule has 0 fully saturated rings. The summed E-state index contributed by atoms with van der Waals surface area (Å²) in [7, 11) is 0. The van der Waals surface area contributed by atoms with Crippen molar-refractivity contribution in [2.24, 2.45) is 0 Å². The monoisotopic (exact) mass is 278 g/mol. The Kier molecular flexibility index (Phi) is 3.68. The highest BCUT2D eigenvalue weighted by molar-refractivity contribution is 5.96. The summed E-state index contributed by atoms with van der Waals surface area (Å²) < 4.78 is 37.9. The van der Waals surface area contributed by atoms with Gasteiger partial charge in [0.05, 0.1) is 0 Å². The molecule has 0 saturated carbocycles. The second kappa shape index (κ2) is 4.75. The number of aliphatic carboxylic acids is 1. The lowest BCUT2D eigenvalue weighted by atomic mass is 10.0. The minimum atomic E-state index is -5.19. The van der Waals surface area contributed by atoms with Crippen LogP contribution in [0.4, 0.5) is 13.2 Å². The number of hydrogen-bond acceptors (Lipinski definition) is 3. The lowest BCUT2D eigenvalue weighted by molar-refractivity contribution is -0.203. The third kappa shape index (κ3) is 2.92. The van der Waals surface area contributed by atoms with E-state index in [4.69, 9.17) is 5.11 Å². The zero-order valence-electron chi connectivity index (χ0n) is 9.54. The van der Waals surface area contributed by atoms with Crippen LogP contribution in [0.1, 0.15) is 17.4 Å². The molecule has 1 unspecified atom stereocenters. The van der Waals surface area contributed by atoms with Crippen LogP contribution in [0.2, 0.25) is 0 Å². The molecule has 0 aliphatic rings. The molecule has 1 aromatic rings. The fourth-order valence-corrected chi connectivity index (χ4v) is 1.12. The molecule has 6 nitrogen and oxygen atoms in total. The van der Waals surface area contributed by atoms with E-state index in [1.807, 2.05) is 4.98 Å². The molecule has 3 N–H and O–H groups in total. The molecule has 0 aromatic carbocycles. The van der Waals surface area contributed by atoms with Gasteiger partial charge >= 0.3 is 12.1 Å². The molecule has 104 valence electrons. The standard InChI is InChI=1S/C10H9F3N2O4/c1-9(8(18)19,10(11,12)13)15-7(17)5-3-2-4-6(16)14-5/h2-4H,1H3,(H,14,16)(H,15,17)(H,18,19). The van der Waals surface area contributed by atoms with Gasteiger partial charge in [0.25, 0.3) is 5.91 Å². The molecule has 1 rings (SSSR count). The molecule has 0 bridgehead atoms. The van der Waals surface area contributed by atoms with Crippen molar-refractivity contribution >= 4 is 11.9 Å². The molecular weight excluding hydrogens is 269 g/mol. The highest BCUT2D eigenvalue weighted by Gasteiger charge is 2.58. The van der Waals surface area contributed by atoms with E-state index in [1.54, 1.807) is 0 Å². The second-order valence-corrected chi connectivity index (χ2v) is 3.81. The van der Waals surface area contributed by atoms with Gasteiger partial charge < -0.3 is 15.4 Å². The van der Waals surface area contributed by atoms with Crippen molar-refractivity contribution in [1.29, 1.82) is 0 Å². The maximum atomic E-state index is 12.6. The Morgan fingerprint density at radius 1 is 1.32 bits per heavy atom. The van der Waals surface area contributed by atoms with E-state index in [1.165, 1.54) is 5.32 Å². The molecule has 1 atom stereocenters. The van der Waals surface area contributed by atoms with Gasteiger partial charge in [0.15, 0.2) is 0 Å². The Balaban J connectivity index is 3.09. The predicted molar refractivity (Wildman–Crippen MR) is 56.6 cm³/mol. The number of amides is 1. The van der Waals surface area contributed by atoms with Gasteiger partial charge in [0.1, 0.15) is 5.69 Å². The van der Waals surface area contributed by atoms with Gasteiger partial charge in [-0.25, -0.2) is 4.79 Å². The van der Waals surface area contributed by atoms with Crippen molar-refractivity contribution in [1.82, 2.24) is 10.3 Å². The average Bonchev–Trinajstić information content (AvgIpc) is 2.27. The third-order valence-corrected chi connectivity index (χ3v) is 2.37. The van der Waals surface area contributed by atoms with E-state index < -0.39 is 34.8 Å². The van der Waals surface area contributed by atoms with Crippen molar-refractivity contribution < 1.29 is 27.9 Å². The Labute approximate surface area is 104 Å². The van der Waals surface area contributed by atoms with Gasteiger partial charge in [-0.2, -0.15) is 13.2 Å². The van der Waals surface area contributed by atoms with Crippen LogP contribution in [0.3, 0.4) is 0 Å². The lowest BCUT2D eigenvalue weighted by Crippen LogP contribution is -2.62. The fourth-order valence-electron chi connectivity index (χ4n) is 1.12. The number of pyridine rings is 1. The number of nitrogens with one attached hydrogen (secondary N) is 2. The van der Waals surface area contributed by atoms with Gasteiger partial charge in [0.2, 0.25) is 11.1 Å². The number of rotatable bonds is 3. The average molecular weight is 278 g/mol. The summed E-state index contributed by atoms with van der Waals surface area (Å²) in [5.74, 6) is -3.61. The summed E-state index contributed by atoms with van der Waals surface area (Å²) in [6.07, 6.45) is -5.19. The highest BCUT2D eigenvalue weighted by atomic mass is 19.4. The van der Waals surface area contributed by atoms with Crippen molar-refractivity contribution in [3.8, 4) is 0 Å². The number of halogens is 3. The molecule has 1 heterocycles.